The lowest BCUT2D eigenvalue weighted by Crippen LogP contribution is -2.38. The Morgan fingerprint density at radius 3 is 2.94 bits per heavy atom. The van der Waals surface area contributed by atoms with Gasteiger partial charge in [-0.25, -0.2) is 4.39 Å². The zero-order chi connectivity index (χ0) is 12.3. The summed E-state index contributed by atoms with van der Waals surface area (Å²) in [4.78, 5) is 0. The molecule has 0 aromatic heterocycles. The van der Waals surface area contributed by atoms with Crippen LogP contribution in [0.15, 0.2) is 18.2 Å². The van der Waals surface area contributed by atoms with Gasteiger partial charge in [0.2, 0.25) is 0 Å². The largest absolute Gasteiger partial charge is 0.326 e. The quantitative estimate of drug-likeness (QED) is 0.926. The predicted octanol–water partition coefficient (Wildman–Crippen LogP) is 3.20. The van der Waals surface area contributed by atoms with E-state index in [0.717, 1.165) is 11.5 Å². The van der Waals surface area contributed by atoms with Crippen LogP contribution in [0.4, 0.5) is 4.39 Å². The van der Waals surface area contributed by atoms with Crippen molar-refractivity contribution >= 4 is 35.1 Å². The normalized spacial score (nSPS) is 22.4. The summed E-state index contributed by atoms with van der Waals surface area (Å²) in [6, 6.07) is 4.76. The number of halogens is 2. The lowest BCUT2D eigenvalue weighted by molar-refractivity contribution is 0.584. The van der Waals surface area contributed by atoms with Crippen LogP contribution in [0.1, 0.15) is 5.56 Å². The van der Waals surface area contributed by atoms with Gasteiger partial charge in [-0.3, -0.25) is 0 Å². The molecule has 1 saturated heterocycles. The van der Waals surface area contributed by atoms with Gasteiger partial charge in [-0.1, -0.05) is 17.7 Å². The molecule has 17 heavy (non-hydrogen) atoms. The molecule has 1 fully saturated rings. The number of thioether (sulfide) groups is 2. The van der Waals surface area contributed by atoms with Crippen LogP contribution in [0.25, 0.3) is 0 Å². The third kappa shape index (κ3) is 3.53. The van der Waals surface area contributed by atoms with E-state index in [1.807, 2.05) is 23.5 Å². The summed E-state index contributed by atoms with van der Waals surface area (Å²) >= 11 is 9.82. The molecule has 0 aliphatic carbocycles. The Morgan fingerprint density at radius 1 is 1.47 bits per heavy atom. The van der Waals surface area contributed by atoms with Crippen molar-refractivity contribution in [2.24, 2.45) is 5.73 Å². The first kappa shape index (κ1) is 13.5. The van der Waals surface area contributed by atoms with Gasteiger partial charge < -0.3 is 5.73 Å². The molecule has 0 spiro atoms. The van der Waals surface area contributed by atoms with Crippen LogP contribution >= 0.6 is 35.1 Å². The monoisotopic (exact) mass is 291 g/mol. The molecule has 2 N–H and O–H groups in total. The highest BCUT2D eigenvalue weighted by atomic mass is 35.5. The summed E-state index contributed by atoms with van der Waals surface area (Å²) in [5, 5.41) is 0.887. The van der Waals surface area contributed by atoms with E-state index in [-0.39, 0.29) is 11.9 Å². The van der Waals surface area contributed by atoms with E-state index in [1.54, 1.807) is 12.1 Å². The second-order valence-corrected chi connectivity index (χ2v) is 6.96. The SMILES string of the molecule is NC(Cc1c(F)cccc1Cl)C1CSCCS1. The summed E-state index contributed by atoms with van der Waals surface area (Å²) in [5.41, 5.74) is 6.71. The van der Waals surface area contributed by atoms with Crippen LogP contribution in [0.2, 0.25) is 5.02 Å². The molecule has 2 unspecified atom stereocenters. The molecule has 94 valence electrons. The minimum absolute atomic E-state index is 0.0257. The molecular formula is C12H15ClFNS2. The molecule has 0 bridgehead atoms. The zero-order valence-electron chi connectivity index (χ0n) is 9.36. The van der Waals surface area contributed by atoms with Crippen LogP contribution in [0.5, 0.6) is 0 Å². The Kier molecular flexibility index (Phi) is 5.03. The first-order valence-electron chi connectivity index (χ1n) is 5.56. The van der Waals surface area contributed by atoms with Gasteiger partial charge in [0.25, 0.3) is 0 Å². The molecule has 1 aromatic carbocycles. The molecule has 0 radical (unpaired) electrons. The third-order valence-electron chi connectivity index (χ3n) is 2.82. The molecule has 0 amide bonds. The fourth-order valence-corrected chi connectivity index (χ4v) is 4.91. The molecule has 1 aliphatic rings. The lowest BCUT2D eigenvalue weighted by atomic mass is 10.0. The van der Waals surface area contributed by atoms with E-state index >= 15 is 0 Å². The number of nitrogens with two attached hydrogens (primary N) is 1. The second-order valence-electron chi connectivity index (χ2n) is 4.05. The van der Waals surface area contributed by atoms with Crippen molar-refractivity contribution in [3.8, 4) is 0 Å². The van der Waals surface area contributed by atoms with Crippen LogP contribution < -0.4 is 5.73 Å². The van der Waals surface area contributed by atoms with Gasteiger partial charge in [-0.2, -0.15) is 23.5 Å². The van der Waals surface area contributed by atoms with Gasteiger partial charge in [-0.05, 0) is 18.6 Å². The maximum Gasteiger partial charge on any atom is 0.127 e. The number of hydrogen-bond acceptors (Lipinski definition) is 3. The molecule has 1 aromatic rings. The first-order valence-corrected chi connectivity index (χ1v) is 8.14. The Morgan fingerprint density at radius 2 is 2.29 bits per heavy atom. The van der Waals surface area contributed by atoms with Crippen LogP contribution in [-0.4, -0.2) is 28.6 Å². The van der Waals surface area contributed by atoms with Crippen LogP contribution in [-0.2, 0) is 6.42 Å². The van der Waals surface area contributed by atoms with Gasteiger partial charge in [0.15, 0.2) is 0 Å². The predicted molar refractivity (Wildman–Crippen MR) is 76.7 cm³/mol. The topological polar surface area (TPSA) is 26.0 Å². The fraction of sp³-hybridized carbons (Fsp3) is 0.500. The molecule has 2 rings (SSSR count). The Labute approximate surface area is 115 Å². The highest BCUT2D eigenvalue weighted by Gasteiger charge is 2.23. The minimum atomic E-state index is -0.249. The average molecular weight is 292 g/mol. The van der Waals surface area contributed by atoms with Crippen molar-refractivity contribution in [1.82, 2.24) is 0 Å². The van der Waals surface area contributed by atoms with Crippen LogP contribution in [0.3, 0.4) is 0 Å². The summed E-state index contributed by atoms with van der Waals surface area (Å²) in [6.07, 6.45) is 0.518. The number of rotatable bonds is 3. The smallest absolute Gasteiger partial charge is 0.127 e. The van der Waals surface area contributed by atoms with E-state index in [9.17, 15) is 4.39 Å². The molecule has 5 heteroatoms. The van der Waals surface area contributed by atoms with Crippen LogP contribution in [0, 0.1) is 5.82 Å². The summed E-state index contributed by atoms with van der Waals surface area (Å²) in [6.45, 7) is 0. The summed E-state index contributed by atoms with van der Waals surface area (Å²) in [7, 11) is 0. The second kappa shape index (κ2) is 6.32. The molecule has 1 heterocycles. The van der Waals surface area contributed by atoms with Gasteiger partial charge in [0.05, 0.1) is 0 Å². The van der Waals surface area contributed by atoms with Gasteiger partial charge in [0, 0.05) is 39.1 Å². The highest BCUT2D eigenvalue weighted by molar-refractivity contribution is 8.06. The molecule has 2 atom stereocenters. The van der Waals surface area contributed by atoms with Gasteiger partial charge in [-0.15, -0.1) is 0 Å². The zero-order valence-corrected chi connectivity index (χ0v) is 11.8. The first-order chi connectivity index (χ1) is 8.18. The lowest BCUT2D eigenvalue weighted by Gasteiger charge is -2.27. The van der Waals surface area contributed by atoms with Gasteiger partial charge >= 0.3 is 0 Å². The van der Waals surface area contributed by atoms with Crippen molar-refractivity contribution in [2.75, 3.05) is 17.3 Å². The maximum atomic E-state index is 13.6. The van der Waals surface area contributed by atoms with Crippen molar-refractivity contribution in [2.45, 2.75) is 17.7 Å². The molecular weight excluding hydrogens is 277 g/mol. The maximum absolute atomic E-state index is 13.6. The van der Waals surface area contributed by atoms with Crippen molar-refractivity contribution in [3.63, 3.8) is 0 Å². The van der Waals surface area contributed by atoms with Crippen molar-refractivity contribution in [1.29, 1.82) is 0 Å². The van der Waals surface area contributed by atoms with Crippen molar-refractivity contribution in [3.05, 3.63) is 34.6 Å². The highest BCUT2D eigenvalue weighted by Crippen LogP contribution is 2.28. The van der Waals surface area contributed by atoms with E-state index < -0.39 is 0 Å². The Bertz CT molecular complexity index is 363. The Hall–Kier alpha value is 0.1000. The summed E-state index contributed by atoms with van der Waals surface area (Å²) < 4.78 is 13.6. The summed E-state index contributed by atoms with van der Waals surface area (Å²) in [5.74, 6) is 3.13. The number of benzene rings is 1. The van der Waals surface area contributed by atoms with Gasteiger partial charge in [0.1, 0.15) is 5.82 Å². The minimum Gasteiger partial charge on any atom is -0.326 e. The molecule has 0 saturated carbocycles. The Balaban J connectivity index is 2.04. The van der Waals surface area contributed by atoms with E-state index in [2.05, 4.69) is 0 Å². The van der Waals surface area contributed by atoms with E-state index in [1.165, 1.54) is 11.8 Å². The van der Waals surface area contributed by atoms with Crippen molar-refractivity contribution < 1.29 is 4.39 Å². The molecule has 1 aliphatic heterocycles. The fourth-order valence-electron chi connectivity index (χ4n) is 1.85. The standard InChI is InChI=1S/C12H15ClFNS2/c13-9-2-1-3-10(14)8(9)6-11(15)12-7-16-4-5-17-12/h1-3,11-12H,4-7,15H2. The van der Waals surface area contributed by atoms with E-state index in [4.69, 9.17) is 17.3 Å². The average Bonchev–Trinajstić information content (AvgIpc) is 2.35. The van der Waals surface area contributed by atoms with E-state index in [0.29, 0.717) is 22.3 Å². The number of hydrogen-bond donors (Lipinski definition) is 1. The molecule has 1 nitrogen and oxygen atoms in total. The third-order valence-corrected chi connectivity index (χ3v) is 6.12.